The van der Waals surface area contributed by atoms with Gasteiger partial charge >= 0.3 is 0 Å². The van der Waals surface area contributed by atoms with Gasteiger partial charge in [-0.05, 0) is 42.2 Å². The maximum atomic E-state index is 15.7. The van der Waals surface area contributed by atoms with Crippen molar-refractivity contribution in [1.82, 2.24) is 20.2 Å². The second-order valence-electron chi connectivity index (χ2n) is 10.1. The summed E-state index contributed by atoms with van der Waals surface area (Å²) in [6, 6.07) is 8.22. The zero-order chi connectivity index (χ0) is 29.3. The summed E-state index contributed by atoms with van der Waals surface area (Å²) in [6.45, 7) is -0.853. The van der Waals surface area contributed by atoms with Crippen molar-refractivity contribution >= 4 is 29.4 Å². The lowest BCUT2D eigenvalue weighted by molar-refractivity contribution is -0.122. The van der Waals surface area contributed by atoms with Crippen molar-refractivity contribution in [3.8, 4) is 11.3 Å². The number of aromatic nitrogens is 2. The van der Waals surface area contributed by atoms with Crippen LogP contribution in [0.4, 0.5) is 19.1 Å². The van der Waals surface area contributed by atoms with Crippen molar-refractivity contribution in [3.63, 3.8) is 0 Å². The number of halogens is 4. The SMILES string of the molecule is O=C(CN1Cc2ccc(-c3nc(NC4CCC(O)C(F)C4)ncc3F)c(F)c2C1=O)N[C@H](CO)c1cccc(Cl)c1. The molecule has 1 aromatic heterocycles. The Bertz CT molecular complexity index is 1480. The number of hydrogen-bond acceptors (Lipinski definition) is 7. The van der Waals surface area contributed by atoms with Crippen LogP contribution >= 0.6 is 11.6 Å². The predicted molar refractivity (Wildman–Crippen MR) is 144 cm³/mol. The lowest BCUT2D eigenvalue weighted by Gasteiger charge is -2.29. The molecule has 9 nitrogen and oxygen atoms in total. The van der Waals surface area contributed by atoms with E-state index in [1.165, 1.54) is 12.1 Å². The summed E-state index contributed by atoms with van der Waals surface area (Å²) in [5.74, 6) is -3.28. The number of carbonyl (C=O) groups is 2. The van der Waals surface area contributed by atoms with Gasteiger partial charge in [-0.15, -0.1) is 0 Å². The summed E-state index contributed by atoms with van der Waals surface area (Å²) in [7, 11) is 0. The molecule has 1 aliphatic heterocycles. The number of anilines is 1. The number of hydrogen-bond donors (Lipinski definition) is 4. The van der Waals surface area contributed by atoms with E-state index in [9.17, 15) is 28.6 Å². The van der Waals surface area contributed by atoms with E-state index in [4.69, 9.17) is 11.6 Å². The largest absolute Gasteiger partial charge is 0.394 e. The highest BCUT2D eigenvalue weighted by atomic mass is 35.5. The Kier molecular flexibility index (Phi) is 8.43. The van der Waals surface area contributed by atoms with Crippen molar-refractivity contribution in [2.24, 2.45) is 0 Å². The molecule has 2 heterocycles. The highest BCUT2D eigenvalue weighted by Crippen LogP contribution is 2.33. The van der Waals surface area contributed by atoms with E-state index in [-0.39, 0.29) is 42.2 Å². The van der Waals surface area contributed by atoms with E-state index in [1.54, 1.807) is 24.3 Å². The third kappa shape index (κ3) is 6.14. The third-order valence-electron chi connectivity index (χ3n) is 7.26. The number of aliphatic hydroxyl groups excluding tert-OH is 2. The lowest BCUT2D eigenvalue weighted by atomic mass is 9.91. The number of amides is 2. The molecule has 2 aromatic carbocycles. The van der Waals surface area contributed by atoms with E-state index in [2.05, 4.69) is 20.6 Å². The van der Waals surface area contributed by atoms with Crippen molar-refractivity contribution in [3.05, 3.63) is 75.9 Å². The standard InChI is InChI=1S/C28H27ClF3N5O4/c29-16-3-1-2-14(8-16)21(13-38)35-23(40)12-37-11-15-4-6-18(25(32)24(15)27(37)41)26-20(31)10-33-28(36-26)34-17-5-7-22(39)19(30)9-17/h1-4,6,8,10,17,19,21-22,38-39H,5,7,9,11-13H2,(H,35,40)(H,33,34,36)/t17?,19?,21-,22?/m1/s1. The monoisotopic (exact) mass is 589 g/mol. The number of alkyl halides is 1. The fraction of sp³-hybridized carbons (Fsp3) is 0.357. The molecule has 1 fully saturated rings. The molecule has 4 N–H and O–H groups in total. The molecule has 0 radical (unpaired) electrons. The molecule has 2 aliphatic rings. The second-order valence-corrected chi connectivity index (χ2v) is 10.5. The van der Waals surface area contributed by atoms with Gasteiger partial charge in [-0.1, -0.05) is 29.8 Å². The predicted octanol–water partition coefficient (Wildman–Crippen LogP) is 3.54. The van der Waals surface area contributed by atoms with E-state index in [1.807, 2.05) is 0 Å². The van der Waals surface area contributed by atoms with Gasteiger partial charge < -0.3 is 25.7 Å². The van der Waals surface area contributed by atoms with Crippen molar-refractivity contribution in [2.45, 2.75) is 50.2 Å². The summed E-state index contributed by atoms with van der Waals surface area (Å²) >= 11 is 6.00. The van der Waals surface area contributed by atoms with E-state index >= 15 is 4.39 Å². The molecule has 216 valence electrons. The average molecular weight is 590 g/mol. The molecule has 2 amide bonds. The maximum absolute atomic E-state index is 15.7. The zero-order valence-corrected chi connectivity index (χ0v) is 22.4. The Morgan fingerprint density at radius 2 is 2.02 bits per heavy atom. The Balaban J connectivity index is 1.31. The summed E-state index contributed by atoms with van der Waals surface area (Å²) in [5.41, 5.74) is -0.0497. The normalized spacial score (nSPS) is 21.0. The first-order chi connectivity index (χ1) is 19.6. The first-order valence-corrected chi connectivity index (χ1v) is 13.4. The van der Waals surface area contributed by atoms with Gasteiger partial charge in [-0.3, -0.25) is 9.59 Å². The number of rotatable bonds is 8. The first-order valence-electron chi connectivity index (χ1n) is 13.0. The van der Waals surface area contributed by atoms with Gasteiger partial charge in [0.1, 0.15) is 24.2 Å². The fourth-order valence-electron chi connectivity index (χ4n) is 5.13. The van der Waals surface area contributed by atoms with Gasteiger partial charge in [0.25, 0.3) is 5.91 Å². The van der Waals surface area contributed by atoms with Crippen LogP contribution in [0.5, 0.6) is 0 Å². The molecule has 0 spiro atoms. The topological polar surface area (TPSA) is 128 Å². The second kappa shape index (κ2) is 12.0. The van der Waals surface area contributed by atoms with Crippen LogP contribution in [0, 0.1) is 11.6 Å². The smallest absolute Gasteiger partial charge is 0.257 e. The summed E-state index contributed by atoms with van der Waals surface area (Å²) < 4.78 is 44.4. The molecule has 13 heteroatoms. The molecule has 41 heavy (non-hydrogen) atoms. The summed E-state index contributed by atoms with van der Waals surface area (Å²) in [5, 5.41) is 25.3. The molecule has 1 saturated carbocycles. The highest BCUT2D eigenvalue weighted by molar-refractivity contribution is 6.30. The molecule has 0 saturated heterocycles. The molecular weight excluding hydrogens is 563 g/mol. The van der Waals surface area contributed by atoms with Gasteiger partial charge in [-0.25, -0.2) is 23.1 Å². The molecule has 3 unspecified atom stereocenters. The number of fused-ring (bicyclic) bond motifs is 1. The van der Waals surface area contributed by atoms with Crippen LogP contribution in [-0.4, -0.2) is 68.4 Å². The molecule has 1 aliphatic carbocycles. The number of carbonyl (C=O) groups excluding carboxylic acids is 2. The van der Waals surface area contributed by atoms with E-state index in [0.29, 0.717) is 22.6 Å². The van der Waals surface area contributed by atoms with Crippen LogP contribution in [0.25, 0.3) is 11.3 Å². The quantitative estimate of drug-likeness (QED) is 0.316. The minimum absolute atomic E-state index is 0.0144. The summed E-state index contributed by atoms with van der Waals surface area (Å²) in [4.78, 5) is 35.0. The van der Waals surface area contributed by atoms with Crippen molar-refractivity contribution in [2.75, 3.05) is 18.5 Å². The van der Waals surface area contributed by atoms with Crippen LogP contribution in [0.3, 0.4) is 0 Å². The van der Waals surface area contributed by atoms with Gasteiger partial charge in [0.15, 0.2) is 5.82 Å². The molecule has 3 aromatic rings. The number of nitrogens with one attached hydrogen (secondary N) is 2. The van der Waals surface area contributed by atoms with Crippen molar-refractivity contribution in [1.29, 1.82) is 0 Å². The van der Waals surface area contributed by atoms with E-state index in [0.717, 1.165) is 11.1 Å². The molecular formula is C28H27ClF3N5O4. The van der Waals surface area contributed by atoms with Gasteiger partial charge in [-0.2, -0.15) is 0 Å². The molecule has 5 rings (SSSR count). The lowest BCUT2D eigenvalue weighted by Crippen LogP contribution is -2.40. The van der Waals surface area contributed by atoms with Crippen LogP contribution in [-0.2, 0) is 11.3 Å². The van der Waals surface area contributed by atoms with Crippen LogP contribution in [0.1, 0.15) is 46.8 Å². The first kappa shape index (κ1) is 28.8. The summed E-state index contributed by atoms with van der Waals surface area (Å²) in [6.07, 6.45) is -0.901. The number of aliphatic hydroxyl groups is 2. The Morgan fingerprint density at radius 1 is 1.22 bits per heavy atom. The fourth-order valence-corrected chi connectivity index (χ4v) is 5.33. The Hall–Kier alpha value is -3.74. The third-order valence-corrected chi connectivity index (χ3v) is 7.50. The zero-order valence-electron chi connectivity index (χ0n) is 21.7. The van der Waals surface area contributed by atoms with Crippen LogP contribution in [0.2, 0.25) is 5.02 Å². The Morgan fingerprint density at radius 3 is 2.76 bits per heavy atom. The van der Waals surface area contributed by atoms with Crippen LogP contribution < -0.4 is 10.6 Å². The van der Waals surface area contributed by atoms with Crippen molar-refractivity contribution < 1.29 is 33.0 Å². The van der Waals surface area contributed by atoms with Gasteiger partial charge in [0, 0.05) is 29.6 Å². The Labute approximate surface area is 238 Å². The minimum atomic E-state index is -1.42. The molecule has 4 atom stereocenters. The average Bonchev–Trinajstić information content (AvgIpc) is 3.26. The number of benzene rings is 2. The van der Waals surface area contributed by atoms with Crippen LogP contribution in [0.15, 0.2) is 42.6 Å². The molecule has 0 bridgehead atoms. The highest BCUT2D eigenvalue weighted by Gasteiger charge is 2.34. The maximum Gasteiger partial charge on any atom is 0.257 e. The van der Waals surface area contributed by atoms with E-state index < -0.39 is 61.0 Å². The number of nitrogens with zero attached hydrogens (tertiary/aromatic N) is 3. The van der Waals surface area contributed by atoms with Gasteiger partial charge in [0.05, 0.1) is 30.5 Å². The van der Waals surface area contributed by atoms with Gasteiger partial charge in [0.2, 0.25) is 11.9 Å². The minimum Gasteiger partial charge on any atom is -0.394 e.